The van der Waals surface area contributed by atoms with E-state index in [-0.39, 0.29) is 45.8 Å². The lowest BCUT2D eigenvalue weighted by atomic mass is 10.1. The van der Waals surface area contributed by atoms with Crippen LogP contribution in [0.5, 0.6) is 11.5 Å². The van der Waals surface area contributed by atoms with E-state index >= 15 is 0 Å². The van der Waals surface area contributed by atoms with E-state index in [9.17, 15) is 19.7 Å². The Morgan fingerprint density at radius 3 is 2.71 bits per heavy atom. The maximum Gasteiger partial charge on any atom is 0.363 e. The molecule has 0 saturated heterocycles. The zero-order valence-electron chi connectivity index (χ0n) is 16.2. The fraction of sp³-hybridized carbons (Fsp3) is 0.150. The van der Waals surface area contributed by atoms with Crippen molar-refractivity contribution in [1.82, 2.24) is 0 Å². The molecular formula is C20H14BrClN2O7. The van der Waals surface area contributed by atoms with Crippen LogP contribution in [-0.2, 0) is 14.3 Å². The number of ether oxygens (including phenoxy) is 3. The normalized spacial score (nSPS) is 14.3. The van der Waals surface area contributed by atoms with Gasteiger partial charge < -0.3 is 14.2 Å². The van der Waals surface area contributed by atoms with Gasteiger partial charge in [-0.2, -0.15) is 0 Å². The lowest BCUT2D eigenvalue weighted by Crippen LogP contribution is -2.07. The minimum atomic E-state index is -0.721. The highest BCUT2D eigenvalue weighted by molar-refractivity contribution is 9.10. The number of non-ortho nitro benzene ring substituents is 1. The van der Waals surface area contributed by atoms with Gasteiger partial charge in [-0.1, -0.05) is 18.5 Å². The van der Waals surface area contributed by atoms with Crippen LogP contribution in [0.2, 0.25) is 5.02 Å². The van der Waals surface area contributed by atoms with Crippen LogP contribution in [0.15, 0.2) is 45.5 Å². The predicted molar refractivity (Wildman–Crippen MR) is 115 cm³/mol. The van der Waals surface area contributed by atoms with Crippen molar-refractivity contribution in [3.8, 4) is 11.5 Å². The molecule has 160 valence electrons. The molecule has 0 radical (unpaired) electrons. The number of hydrogen-bond donors (Lipinski definition) is 0. The standard InChI is InChI=1S/C20H14BrClN2O7/c1-3-17(25)30-18-13(21)6-10(8-16(18)29-2)7-15-20(26)31-19(23-15)12-5-4-11(24(27)28)9-14(12)22/h4-9H,3H2,1-2H3/b15-7-. The highest BCUT2D eigenvalue weighted by Crippen LogP contribution is 2.38. The lowest BCUT2D eigenvalue weighted by Gasteiger charge is -2.11. The van der Waals surface area contributed by atoms with Gasteiger partial charge in [-0.3, -0.25) is 14.9 Å². The molecule has 0 fully saturated rings. The number of methoxy groups -OCH3 is 1. The summed E-state index contributed by atoms with van der Waals surface area (Å²) in [7, 11) is 1.42. The van der Waals surface area contributed by atoms with E-state index < -0.39 is 16.9 Å². The van der Waals surface area contributed by atoms with E-state index in [1.54, 1.807) is 19.1 Å². The SMILES string of the molecule is CCC(=O)Oc1c(Br)cc(/C=C2\N=C(c3ccc([N+](=O)[O-])cc3Cl)OC2=O)cc1OC. The second-order valence-corrected chi connectivity index (χ2v) is 7.38. The van der Waals surface area contributed by atoms with Crippen LogP contribution in [0, 0.1) is 10.1 Å². The molecule has 0 aromatic heterocycles. The summed E-state index contributed by atoms with van der Waals surface area (Å²) >= 11 is 9.41. The molecule has 0 spiro atoms. The number of carbonyl (C=O) groups is 2. The number of nitro benzene ring substituents is 1. The topological polar surface area (TPSA) is 117 Å². The number of rotatable bonds is 6. The fourth-order valence-corrected chi connectivity index (χ4v) is 3.38. The van der Waals surface area contributed by atoms with Gasteiger partial charge >= 0.3 is 11.9 Å². The van der Waals surface area contributed by atoms with E-state index in [1.165, 1.54) is 25.3 Å². The highest BCUT2D eigenvalue weighted by atomic mass is 79.9. The summed E-state index contributed by atoms with van der Waals surface area (Å²) < 4.78 is 16.1. The van der Waals surface area contributed by atoms with Crippen molar-refractivity contribution in [3.05, 3.63) is 66.8 Å². The van der Waals surface area contributed by atoms with E-state index in [0.29, 0.717) is 10.0 Å². The molecule has 3 rings (SSSR count). The van der Waals surface area contributed by atoms with Gasteiger partial charge in [0.1, 0.15) is 0 Å². The van der Waals surface area contributed by atoms with Crippen LogP contribution in [0.4, 0.5) is 5.69 Å². The smallest absolute Gasteiger partial charge is 0.363 e. The third-order valence-corrected chi connectivity index (χ3v) is 4.98. The molecule has 2 aromatic rings. The first-order chi connectivity index (χ1) is 14.7. The van der Waals surface area contributed by atoms with Crippen molar-refractivity contribution in [2.75, 3.05) is 7.11 Å². The van der Waals surface area contributed by atoms with E-state index in [2.05, 4.69) is 20.9 Å². The van der Waals surface area contributed by atoms with Gasteiger partial charge in [0.15, 0.2) is 17.2 Å². The Bertz CT molecular complexity index is 1160. The summed E-state index contributed by atoms with van der Waals surface area (Å²) in [5.74, 6) is -0.736. The van der Waals surface area contributed by atoms with Gasteiger partial charge in [0.2, 0.25) is 5.90 Å². The van der Waals surface area contributed by atoms with Crippen LogP contribution in [0.25, 0.3) is 6.08 Å². The summed E-state index contributed by atoms with van der Waals surface area (Å²) in [6, 6.07) is 6.92. The van der Waals surface area contributed by atoms with Gasteiger partial charge in [-0.15, -0.1) is 0 Å². The Hall–Kier alpha value is -3.24. The molecule has 0 atom stereocenters. The number of carbonyl (C=O) groups excluding carboxylic acids is 2. The van der Waals surface area contributed by atoms with E-state index in [0.717, 1.165) is 6.07 Å². The maximum absolute atomic E-state index is 12.3. The molecule has 1 heterocycles. The van der Waals surface area contributed by atoms with Gasteiger partial charge in [-0.25, -0.2) is 9.79 Å². The number of esters is 2. The first kappa shape index (κ1) is 22.4. The van der Waals surface area contributed by atoms with Gasteiger partial charge in [0.05, 0.1) is 27.1 Å². The Kier molecular flexibility index (Phi) is 6.71. The minimum Gasteiger partial charge on any atom is -0.493 e. The monoisotopic (exact) mass is 508 g/mol. The predicted octanol–water partition coefficient (Wildman–Crippen LogP) is 4.68. The maximum atomic E-state index is 12.3. The fourth-order valence-electron chi connectivity index (χ4n) is 2.58. The van der Waals surface area contributed by atoms with Crippen LogP contribution in [0.3, 0.4) is 0 Å². The summed E-state index contributed by atoms with van der Waals surface area (Å²) in [6.07, 6.45) is 1.64. The molecule has 2 aromatic carbocycles. The van der Waals surface area contributed by atoms with Crippen molar-refractivity contribution < 1.29 is 28.7 Å². The molecule has 0 unspecified atom stereocenters. The van der Waals surface area contributed by atoms with E-state index in [1.807, 2.05) is 0 Å². The van der Waals surface area contributed by atoms with Crippen LogP contribution in [0.1, 0.15) is 24.5 Å². The van der Waals surface area contributed by atoms with Crippen molar-refractivity contribution in [2.24, 2.45) is 4.99 Å². The number of benzene rings is 2. The third-order valence-electron chi connectivity index (χ3n) is 4.07. The Morgan fingerprint density at radius 2 is 2.10 bits per heavy atom. The van der Waals surface area contributed by atoms with Gasteiger partial charge in [0.25, 0.3) is 5.69 Å². The Morgan fingerprint density at radius 1 is 1.35 bits per heavy atom. The molecule has 0 saturated carbocycles. The van der Waals surface area contributed by atoms with E-state index in [4.69, 9.17) is 25.8 Å². The number of halogens is 2. The van der Waals surface area contributed by atoms with Gasteiger partial charge in [0, 0.05) is 18.6 Å². The number of hydrogen-bond acceptors (Lipinski definition) is 8. The number of cyclic esters (lactones) is 1. The lowest BCUT2D eigenvalue weighted by molar-refractivity contribution is -0.384. The summed E-state index contributed by atoms with van der Waals surface area (Å²) in [5.41, 5.74) is 0.545. The van der Waals surface area contributed by atoms with Crippen molar-refractivity contribution >= 4 is 57.1 Å². The number of nitro groups is 1. The molecule has 1 aliphatic rings. The molecule has 9 nitrogen and oxygen atoms in total. The largest absolute Gasteiger partial charge is 0.493 e. The van der Waals surface area contributed by atoms with Crippen LogP contribution in [-0.4, -0.2) is 29.9 Å². The quantitative estimate of drug-likeness (QED) is 0.182. The molecule has 31 heavy (non-hydrogen) atoms. The average Bonchev–Trinajstić information content (AvgIpc) is 3.09. The Labute approximate surface area is 189 Å². The molecule has 0 amide bonds. The first-order valence-electron chi connectivity index (χ1n) is 8.78. The highest BCUT2D eigenvalue weighted by Gasteiger charge is 2.27. The van der Waals surface area contributed by atoms with Crippen LogP contribution < -0.4 is 9.47 Å². The van der Waals surface area contributed by atoms with Gasteiger partial charge in [-0.05, 0) is 45.8 Å². The van der Waals surface area contributed by atoms with Crippen molar-refractivity contribution in [2.45, 2.75) is 13.3 Å². The number of nitrogens with zero attached hydrogens (tertiary/aromatic N) is 2. The molecule has 0 bridgehead atoms. The molecule has 11 heteroatoms. The second kappa shape index (κ2) is 9.27. The molecular weight excluding hydrogens is 496 g/mol. The molecule has 1 aliphatic heterocycles. The van der Waals surface area contributed by atoms with Crippen molar-refractivity contribution in [1.29, 1.82) is 0 Å². The zero-order valence-corrected chi connectivity index (χ0v) is 18.5. The molecule has 0 aliphatic carbocycles. The first-order valence-corrected chi connectivity index (χ1v) is 9.95. The third kappa shape index (κ3) is 4.92. The summed E-state index contributed by atoms with van der Waals surface area (Å²) in [6.45, 7) is 1.67. The van der Waals surface area contributed by atoms with Crippen LogP contribution >= 0.6 is 27.5 Å². The molecule has 0 N–H and O–H groups in total. The number of aliphatic imine (C=N–C) groups is 1. The average molecular weight is 510 g/mol. The minimum absolute atomic E-state index is 0.0170. The van der Waals surface area contributed by atoms with Crippen molar-refractivity contribution in [3.63, 3.8) is 0 Å². The second-order valence-electron chi connectivity index (χ2n) is 6.12. The summed E-state index contributed by atoms with van der Waals surface area (Å²) in [5, 5.41) is 10.9. The summed E-state index contributed by atoms with van der Waals surface area (Å²) in [4.78, 5) is 38.3. The zero-order chi connectivity index (χ0) is 22.7. The Balaban J connectivity index is 1.96.